The number of rotatable bonds is 4. The van der Waals surface area contributed by atoms with Crippen molar-refractivity contribution in [3.05, 3.63) is 30.1 Å². The standard InChI is InChI=1S/C19H28FN3O/c1-15-4-2-3-5-18(15)21-19(24)14-22-10-12-23(13-11-22)17-8-6-16(20)7-9-17/h6-9,15,18H,2-5,10-14H2,1H3,(H,21,24)/p+1/t15-,18+/m0/s1. The van der Waals surface area contributed by atoms with Gasteiger partial charge in [-0.15, -0.1) is 0 Å². The third kappa shape index (κ3) is 4.47. The predicted octanol–water partition coefficient (Wildman–Crippen LogP) is 1.23. The van der Waals surface area contributed by atoms with Crippen molar-refractivity contribution >= 4 is 11.6 Å². The van der Waals surface area contributed by atoms with E-state index in [4.69, 9.17) is 0 Å². The summed E-state index contributed by atoms with van der Waals surface area (Å²) in [5.74, 6) is 0.601. The Kier molecular flexibility index (Phi) is 5.72. The second-order valence-corrected chi connectivity index (χ2v) is 7.33. The lowest BCUT2D eigenvalue weighted by molar-refractivity contribution is -0.892. The van der Waals surface area contributed by atoms with Gasteiger partial charge in [-0.25, -0.2) is 4.39 Å². The van der Waals surface area contributed by atoms with Gasteiger partial charge in [0, 0.05) is 11.7 Å². The third-order valence-electron chi connectivity index (χ3n) is 5.53. The van der Waals surface area contributed by atoms with Gasteiger partial charge in [0.2, 0.25) is 0 Å². The van der Waals surface area contributed by atoms with E-state index < -0.39 is 0 Å². The largest absolute Gasteiger partial charge is 0.360 e. The number of hydrogen-bond acceptors (Lipinski definition) is 2. The molecule has 0 unspecified atom stereocenters. The van der Waals surface area contributed by atoms with Crippen LogP contribution in [0.25, 0.3) is 0 Å². The number of anilines is 1. The monoisotopic (exact) mass is 334 g/mol. The fourth-order valence-corrected chi connectivity index (χ4v) is 3.93. The average Bonchev–Trinajstić information content (AvgIpc) is 2.58. The highest BCUT2D eigenvalue weighted by atomic mass is 19.1. The van der Waals surface area contributed by atoms with E-state index in [0.717, 1.165) is 38.3 Å². The molecule has 1 aromatic carbocycles. The average molecular weight is 334 g/mol. The maximum atomic E-state index is 13.0. The van der Waals surface area contributed by atoms with Crippen LogP contribution in [0.15, 0.2) is 24.3 Å². The summed E-state index contributed by atoms with van der Waals surface area (Å²) in [5.41, 5.74) is 1.07. The van der Waals surface area contributed by atoms with Crippen molar-refractivity contribution in [2.24, 2.45) is 5.92 Å². The zero-order valence-electron chi connectivity index (χ0n) is 14.6. The fraction of sp³-hybridized carbons (Fsp3) is 0.632. The zero-order valence-corrected chi connectivity index (χ0v) is 14.6. The Bertz CT molecular complexity index is 540. The van der Waals surface area contributed by atoms with Gasteiger partial charge in [-0.2, -0.15) is 0 Å². The van der Waals surface area contributed by atoms with E-state index in [0.29, 0.717) is 18.5 Å². The van der Waals surface area contributed by atoms with Crippen LogP contribution in [0.4, 0.5) is 10.1 Å². The molecule has 0 bridgehead atoms. The molecule has 5 heteroatoms. The number of piperazine rings is 1. The molecule has 2 fully saturated rings. The molecule has 3 rings (SSSR count). The predicted molar refractivity (Wildman–Crippen MR) is 93.7 cm³/mol. The van der Waals surface area contributed by atoms with E-state index >= 15 is 0 Å². The first kappa shape index (κ1) is 17.2. The number of benzene rings is 1. The number of nitrogens with zero attached hydrogens (tertiary/aromatic N) is 1. The fourth-order valence-electron chi connectivity index (χ4n) is 3.93. The van der Waals surface area contributed by atoms with Crippen molar-refractivity contribution in [1.82, 2.24) is 5.32 Å². The second kappa shape index (κ2) is 7.97. The van der Waals surface area contributed by atoms with E-state index in [1.54, 1.807) is 0 Å². The number of carbonyl (C=O) groups excluding carboxylic acids is 1. The smallest absolute Gasteiger partial charge is 0.275 e. The zero-order chi connectivity index (χ0) is 16.9. The topological polar surface area (TPSA) is 36.8 Å². The molecular weight excluding hydrogens is 305 g/mol. The molecule has 1 aromatic rings. The van der Waals surface area contributed by atoms with E-state index in [-0.39, 0.29) is 11.7 Å². The molecule has 0 radical (unpaired) electrons. The van der Waals surface area contributed by atoms with Crippen molar-refractivity contribution in [2.45, 2.75) is 38.6 Å². The quantitative estimate of drug-likeness (QED) is 0.869. The van der Waals surface area contributed by atoms with Crippen molar-refractivity contribution < 1.29 is 14.1 Å². The number of nitrogens with one attached hydrogen (secondary N) is 2. The molecule has 0 aromatic heterocycles. The Morgan fingerprint density at radius 2 is 1.88 bits per heavy atom. The van der Waals surface area contributed by atoms with Crippen LogP contribution in [0, 0.1) is 11.7 Å². The highest BCUT2D eigenvalue weighted by molar-refractivity contribution is 5.77. The Balaban J connectivity index is 1.43. The van der Waals surface area contributed by atoms with Crippen LogP contribution in [0.3, 0.4) is 0 Å². The Hall–Kier alpha value is -1.62. The Labute approximate surface area is 144 Å². The van der Waals surface area contributed by atoms with Crippen LogP contribution in [-0.2, 0) is 4.79 Å². The highest BCUT2D eigenvalue weighted by Crippen LogP contribution is 2.23. The summed E-state index contributed by atoms with van der Waals surface area (Å²) in [5, 5.41) is 3.25. The minimum absolute atomic E-state index is 0.194. The summed E-state index contributed by atoms with van der Waals surface area (Å²) in [7, 11) is 0. The van der Waals surface area contributed by atoms with Gasteiger partial charge in [0.15, 0.2) is 6.54 Å². The summed E-state index contributed by atoms with van der Waals surface area (Å²) in [6.45, 7) is 6.54. The van der Waals surface area contributed by atoms with Gasteiger partial charge in [0.05, 0.1) is 26.2 Å². The van der Waals surface area contributed by atoms with E-state index in [9.17, 15) is 9.18 Å². The first-order valence-corrected chi connectivity index (χ1v) is 9.25. The molecule has 2 atom stereocenters. The maximum absolute atomic E-state index is 13.0. The van der Waals surface area contributed by atoms with Gasteiger partial charge >= 0.3 is 0 Å². The lowest BCUT2D eigenvalue weighted by atomic mass is 9.86. The van der Waals surface area contributed by atoms with E-state index in [1.165, 1.54) is 36.3 Å². The molecule has 1 saturated heterocycles. The Morgan fingerprint density at radius 1 is 1.21 bits per heavy atom. The molecule has 1 aliphatic heterocycles. The number of hydrogen-bond donors (Lipinski definition) is 2. The van der Waals surface area contributed by atoms with Gasteiger partial charge < -0.3 is 15.1 Å². The van der Waals surface area contributed by atoms with Crippen molar-refractivity contribution in [3.63, 3.8) is 0 Å². The van der Waals surface area contributed by atoms with Crippen LogP contribution in [0.2, 0.25) is 0 Å². The number of carbonyl (C=O) groups is 1. The minimum atomic E-state index is -0.198. The van der Waals surface area contributed by atoms with Crippen LogP contribution in [0.1, 0.15) is 32.6 Å². The van der Waals surface area contributed by atoms with Crippen LogP contribution >= 0.6 is 0 Å². The molecule has 1 heterocycles. The minimum Gasteiger partial charge on any atom is -0.360 e. The molecule has 24 heavy (non-hydrogen) atoms. The normalized spacial score (nSPS) is 25.5. The second-order valence-electron chi connectivity index (χ2n) is 7.33. The van der Waals surface area contributed by atoms with E-state index in [1.807, 2.05) is 12.1 Å². The van der Waals surface area contributed by atoms with Gasteiger partial charge in [-0.1, -0.05) is 19.8 Å². The lowest BCUT2D eigenvalue weighted by Crippen LogP contribution is -3.16. The van der Waals surface area contributed by atoms with Gasteiger partial charge in [0.25, 0.3) is 5.91 Å². The number of quaternary nitrogens is 1. The molecule has 0 spiro atoms. The summed E-state index contributed by atoms with van der Waals surface area (Å²) in [6, 6.07) is 7.04. The summed E-state index contributed by atoms with van der Waals surface area (Å²) >= 11 is 0. The van der Waals surface area contributed by atoms with Crippen LogP contribution in [0.5, 0.6) is 0 Å². The molecule has 1 saturated carbocycles. The summed E-state index contributed by atoms with van der Waals surface area (Å²) in [6.07, 6.45) is 4.89. The molecule has 132 valence electrons. The first-order valence-electron chi connectivity index (χ1n) is 9.25. The van der Waals surface area contributed by atoms with Crippen LogP contribution < -0.4 is 15.1 Å². The van der Waals surface area contributed by atoms with Gasteiger partial charge in [-0.05, 0) is 43.0 Å². The van der Waals surface area contributed by atoms with Gasteiger partial charge in [-0.3, -0.25) is 4.79 Å². The first-order chi connectivity index (χ1) is 11.6. The number of amides is 1. The van der Waals surface area contributed by atoms with Crippen molar-refractivity contribution in [3.8, 4) is 0 Å². The van der Waals surface area contributed by atoms with Gasteiger partial charge in [0.1, 0.15) is 5.82 Å². The highest BCUT2D eigenvalue weighted by Gasteiger charge is 2.26. The Morgan fingerprint density at radius 3 is 2.54 bits per heavy atom. The van der Waals surface area contributed by atoms with Crippen molar-refractivity contribution in [2.75, 3.05) is 37.6 Å². The molecule has 1 amide bonds. The molecule has 2 aliphatic rings. The summed E-state index contributed by atoms with van der Waals surface area (Å²) < 4.78 is 13.0. The number of halogens is 1. The van der Waals surface area contributed by atoms with E-state index in [2.05, 4.69) is 17.1 Å². The lowest BCUT2D eigenvalue weighted by Gasteiger charge is -2.34. The van der Waals surface area contributed by atoms with Crippen LogP contribution in [-0.4, -0.2) is 44.7 Å². The molecular formula is C19H29FN3O+. The third-order valence-corrected chi connectivity index (χ3v) is 5.53. The molecule has 2 N–H and O–H groups in total. The molecule has 1 aliphatic carbocycles. The SMILES string of the molecule is C[C@H]1CCCC[C@H]1NC(=O)C[NH+]1CCN(c2ccc(F)cc2)CC1. The van der Waals surface area contributed by atoms with Crippen molar-refractivity contribution in [1.29, 1.82) is 0 Å². The molecule has 4 nitrogen and oxygen atoms in total. The maximum Gasteiger partial charge on any atom is 0.275 e. The summed E-state index contributed by atoms with van der Waals surface area (Å²) in [4.78, 5) is 15.9.